The van der Waals surface area contributed by atoms with E-state index in [4.69, 9.17) is 11.2 Å². The molecule has 0 aromatic carbocycles. The lowest BCUT2D eigenvalue weighted by atomic mass is 10.1. The second-order valence-electron chi connectivity index (χ2n) is 4.10. The van der Waals surface area contributed by atoms with E-state index in [1.165, 1.54) is 0 Å². The van der Waals surface area contributed by atoms with Gasteiger partial charge in [-0.25, -0.2) is 0 Å². The Morgan fingerprint density at radius 2 is 2.29 bits per heavy atom. The van der Waals surface area contributed by atoms with E-state index in [2.05, 4.69) is 19.8 Å². The Kier molecular flexibility index (Phi) is 3.00. The molecule has 0 heterocycles. The van der Waals surface area contributed by atoms with Crippen LogP contribution in [-0.4, -0.2) is 12.6 Å². The monoisotopic (exact) mass is 192 g/mol. The van der Waals surface area contributed by atoms with Crippen molar-refractivity contribution in [2.24, 2.45) is 17.3 Å². The molecule has 1 aliphatic rings. The molecule has 14 heavy (non-hydrogen) atoms. The Balaban J connectivity index is 2.62. The van der Waals surface area contributed by atoms with Crippen molar-refractivity contribution in [3.63, 3.8) is 0 Å². The second-order valence-corrected chi connectivity index (χ2v) is 4.10. The minimum Gasteiger partial charge on any atom is -0.466 e. The highest BCUT2D eigenvalue weighted by Crippen LogP contribution is 2.59. The molecule has 2 atom stereocenters. The Labute approximate surface area is 85.3 Å². The van der Waals surface area contributed by atoms with Gasteiger partial charge < -0.3 is 4.74 Å². The molecule has 2 unspecified atom stereocenters. The van der Waals surface area contributed by atoms with E-state index in [1.807, 2.05) is 13.0 Å². The zero-order valence-corrected chi connectivity index (χ0v) is 8.91. The summed E-state index contributed by atoms with van der Waals surface area (Å²) < 4.78 is 4.99. The molecule has 0 spiro atoms. The maximum atomic E-state index is 11.5. The molecule has 0 aromatic rings. The van der Waals surface area contributed by atoms with E-state index in [1.54, 1.807) is 6.08 Å². The first kappa shape index (κ1) is 10.8. The van der Waals surface area contributed by atoms with Crippen LogP contribution in [0.25, 0.3) is 0 Å². The summed E-state index contributed by atoms with van der Waals surface area (Å²) in [6, 6.07) is 0. The average molecular weight is 192 g/mol. The molecule has 0 saturated heterocycles. The third-order valence-electron chi connectivity index (χ3n) is 2.85. The normalized spacial score (nSPS) is 28.4. The number of hydrogen-bond donors (Lipinski definition) is 0. The molecule has 0 N–H and O–H groups in total. The number of carbonyl (C=O) groups excluding carboxylic acids is 1. The largest absolute Gasteiger partial charge is 0.466 e. The highest BCUT2D eigenvalue weighted by molar-refractivity contribution is 5.78. The topological polar surface area (TPSA) is 26.3 Å². The van der Waals surface area contributed by atoms with Crippen LogP contribution in [-0.2, 0) is 9.53 Å². The summed E-state index contributed by atoms with van der Waals surface area (Å²) in [4.78, 5) is 11.5. The molecule has 0 aliphatic heterocycles. The fraction of sp³-hybridized carbons (Fsp3) is 0.583. The molecule has 1 rings (SSSR count). The number of carbonyl (C=O) groups is 1. The maximum absolute atomic E-state index is 11.5. The predicted molar refractivity (Wildman–Crippen MR) is 55.4 cm³/mol. The van der Waals surface area contributed by atoms with Crippen molar-refractivity contribution in [2.75, 3.05) is 6.61 Å². The summed E-state index contributed by atoms with van der Waals surface area (Å²) >= 11 is 0. The summed E-state index contributed by atoms with van der Waals surface area (Å²) in [5.74, 6) is 2.54. The molecule has 1 fully saturated rings. The molecule has 1 saturated carbocycles. The van der Waals surface area contributed by atoms with E-state index in [9.17, 15) is 4.79 Å². The smallest absolute Gasteiger partial charge is 0.310 e. The highest BCUT2D eigenvalue weighted by atomic mass is 16.5. The Bertz CT molecular complexity index is 294. The summed E-state index contributed by atoms with van der Waals surface area (Å²) in [7, 11) is 0. The quantitative estimate of drug-likeness (QED) is 0.505. The van der Waals surface area contributed by atoms with Crippen LogP contribution in [0.1, 0.15) is 20.8 Å². The van der Waals surface area contributed by atoms with E-state index in [0.717, 1.165) is 0 Å². The van der Waals surface area contributed by atoms with Gasteiger partial charge in [-0.15, -0.1) is 6.42 Å². The van der Waals surface area contributed by atoms with Crippen LogP contribution in [0.15, 0.2) is 12.2 Å². The predicted octanol–water partition coefficient (Wildman–Crippen LogP) is 2.01. The summed E-state index contributed by atoms with van der Waals surface area (Å²) in [6.07, 6.45) is 8.70. The van der Waals surface area contributed by atoms with Gasteiger partial charge in [-0.05, 0) is 24.3 Å². The van der Waals surface area contributed by atoms with E-state index >= 15 is 0 Å². The van der Waals surface area contributed by atoms with Crippen LogP contribution in [0.3, 0.4) is 0 Å². The van der Waals surface area contributed by atoms with Gasteiger partial charge in [0, 0.05) is 0 Å². The Hall–Kier alpha value is -1.23. The third-order valence-corrected chi connectivity index (χ3v) is 2.85. The van der Waals surface area contributed by atoms with Crippen molar-refractivity contribution in [1.29, 1.82) is 0 Å². The number of allylic oxidation sites excluding steroid dienone is 2. The maximum Gasteiger partial charge on any atom is 0.310 e. The van der Waals surface area contributed by atoms with Gasteiger partial charge in [0.1, 0.15) is 0 Å². The van der Waals surface area contributed by atoms with Gasteiger partial charge in [0.2, 0.25) is 0 Å². The van der Waals surface area contributed by atoms with Crippen molar-refractivity contribution in [2.45, 2.75) is 20.8 Å². The molecular weight excluding hydrogens is 176 g/mol. The second kappa shape index (κ2) is 3.88. The summed E-state index contributed by atoms with van der Waals surface area (Å²) in [5.41, 5.74) is -0.000394. The van der Waals surface area contributed by atoms with Crippen molar-refractivity contribution in [1.82, 2.24) is 0 Å². The third kappa shape index (κ3) is 1.82. The van der Waals surface area contributed by atoms with Crippen LogP contribution >= 0.6 is 0 Å². The van der Waals surface area contributed by atoms with Gasteiger partial charge in [0.05, 0.1) is 12.5 Å². The van der Waals surface area contributed by atoms with Crippen LogP contribution < -0.4 is 0 Å². The van der Waals surface area contributed by atoms with Crippen molar-refractivity contribution in [3.05, 3.63) is 12.2 Å². The molecule has 0 bridgehead atoms. The van der Waals surface area contributed by atoms with Crippen molar-refractivity contribution >= 4 is 5.97 Å². The average Bonchev–Trinajstić information content (AvgIpc) is 2.65. The molecule has 0 radical (unpaired) electrons. The van der Waals surface area contributed by atoms with Gasteiger partial charge >= 0.3 is 5.97 Å². The Morgan fingerprint density at radius 1 is 1.64 bits per heavy atom. The van der Waals surface area contributed by atoms with E-state index in [-0.39, 0.29) is 23.2 Å². The molecule has 0 amide bonds. The van der Waals surface area contributed by atoms with Gasteiger partial charge in [-0.3, -0.25) is 4.79 Å². The number of terminal acetylenes is 1. The number of esters is 1. The SMILES string of the molecule is C#C/C=C/C1C(C(=O)OCC)C1(C)C. The number of hydrogen-bond acceptors (Lipinski definition) is 2. The Morgan fingerprint density at radius 3 is 2.79 bits per heavy atom. The molecule has 2 heteroatoms. The van der Waals surface area contributed by atoms with Crippen molar-refractivity contribution in [3.8, 4) is 12.3 Å². The zero-order chi connectivity index (χ0) is 10.8. The summed E-state index contributed by atoms with van der Waals surface area (Å²) in [6.45, 7) is 6.37. The number of ether oxygens (including phenoxy) is 1. The first-order valence-electron chi connectivity index (χ1n) is 4.85. The van der Waals surface area contributed by atoms with Crippen LogP contribution in [0, 0.1) is 29.6 Å². The van der Waals surface area contributed by atoms with Gasteiger partial charge in [-0.1, -0.05) is 25.8 Å². The summed E-state index contributed by atoms with van der Waals surface area (Å²) in [5, 5.41) is 0. The first-order chi connectivity index (χ1) is 6.55. The lowest BCUT2D eigenvalue weighted by Gasteiger charge is -2.01. The number of rotatable bonds is 3. The zero-order valence-electron chi connectivity index (χ0n) is 8.91. The first-order valence-corrected chi connectivity index (χ1v) is 4.85. The molecular formula is C12H16O2. The lowest BCUT2D eigenvalue weighted by molar-refractivity contribution is -0.145. The lowest BCUT2D eigenvalue weighted by Crippen LogP contribution is -2.10. The molecule has 76 valence electrons. The molecule has 1 aliphatic carbocycles. The van der Waals surface area contributed by atoms with Gasteiger partial charge in [0.25, 0.3) is 0 Å². The fourth-order valence-corrected chi connectivity index (χ4v) is 1.88. The highest BCUT2D eigenvalue weighted by Gasteiger charge is 2.61. The standard InChI is InChI=1S/C12H16O2/c1-5-7-8-9-10(12(9,3)4)11(13)14-6-2/h1,7-10H,6H2,2-4H3/b8-7+. The van der Waals surface area contributed by atoms with E-state index < -0.39 is 0 Å². The molecule has 2 nitrogen and oxygen atoms in total. The van der Waals surface area contributed by atoms with Crippen LogP contribution in [0.5, 0.6) is 0 Å². The van der Waals surface area contributed by atoms with Crippen LogP contribution in [0.2, 0.25) is 0 Å². The minimum absolute atomic E-state index is 0.000394. The van der Waals surface area contributed by atoms with E-state index in [0.29, 0.717) is 6.61 Å². The fourth-order valence-electron chi connectivity index (χ4n) is 1.88. The molecule has 0 aromatic heterocycles. The van der Waals surface area contributed by atoms with Gasteiger partial charge in [0.15, 0.2) is 0 Å². The van der Waals surface area contributed by atoms with Gasteiger partial charge in [-0.2, -0.15) is 0 Å². The van der Waals surface area contributed by atoms with Crippen LogP contribution in [0.4, 0.5) is 0 Å². The van der Waals surface area contributed by atoms with Crippen molar-refractivity contribution < 1.29 is 9.53 Å². The minimum atomic E-state index is -0.107.